The number of amides is 1. The Bertz CT molecular complexity index is 541. The molecule has 106 valence electrons. The minimum Gasteiger partial charge on any atom is -0.325 e. The van der Waals surface area contributed by atoms with Gasteiger partial charge in [-0.05, 0) is 25.6 Å². The smallest absolute Gasteiger partial charge is 0.225 e. The average molecular weight is 284 g/mol. The van der Waals surface area contributed by atoms with Crippen molar-refractivity contribution >= 4 is 21.4 Å². The van der Waals surface area contributed by atoms with Crippen molar-refractivity contribution in [2.24, 2.45) is 0 Å². The first kappa shape index (κ1) is 15.7. The summed E-state index contributed by atoms with van der Waals surface area (Å²) in [4.78, 5) is 12.0. The minimum atomic E-state index is -3.35. The molecule has 1 rings (SSSR count). The summed E-state index contributed by atoms with van der Waals surface area (Å²) in [6.45, 7) is 4.66. The standard InChI is InChI=1S/C13H20N2O3S/c1-4-14-10(2)9-13(16)15-11-7-5-6-8-12(11)19(3,17)18/h5-8,10,14H,4,9H2,1-3H3,(H,15,16). The van der Waals surface area contributed by atoms with Crippen LogP contribution in [-0.2, 0) is 14.6 Å². The third-order valence-corrected chi connectivity index (χ3v) is 3.76. The first-order valence-corrected chi connectivity index (χ1v) is 8.06. The molecule has 1 unspecified atom stereocenters. The zero-order chi connectivity index (χ0) is 14.5. The number of carbonyl (C=O) groups excluding carboxylic acids is 1. The maximum atomic E-state index is 11.8. The van der Waals surface area contributed by atoms with Crippen molar-refractivity contribution in [3.63, 3.8) is 0 Å². The quantitative estimate of drug-likeness (QED) is 0.828. The lowest BCUT2D eigenvalue weighted by Gasteiger charge is -2.13. The molecule has 0 aliphatic heterocycles. The highest BCUT2D eigenvalue weighted by atomic mass is 32.2. The summed E-state index contributed by atoms with van der Waals surface area (Å²) in [5, 5.41) is 5.78. The number of benzene rings is 1. The van der Waals surface area contributed by atoms with Crippen molar-refractivity contribution in [3.05, 3.63) is 24.3 Å². The third kappa shape index (κ3) is 5.00. The van der Waals surface area contributed by atoms with Crippen LogP contribution in [0.5, 0.6) is 0 Å². The van der Waals surface area contributed by atoms with E-state index in [9.17, 15) is 13.2 Å². The van der Waals surface area contributed by atoms with E-state index < -0.39 is 9.84 Å². The maximum Gasteiger partial charge on any atom is 0.225 e. The fourth-order valence-corrected chi connectivity index (χ4v) is 2.64. The molecule has 0 bridgehead atoms. The topological polar surface area (TPSA) is 75.3 Å². The van der Waals surface area contributed by atoms with Crippen LogP contribution in [0.4, 0.5) is 5.69 Å². The van der Waals surface area contributed by atoms with Crippen LogP contribution in [-0.4, -0.2) is 33.2 Å². The molecule has 0 aliphatic rings. The van der Waals surface area contributed by atoms with E-state index in [1.165, 1.54) is 6.07 Å². The number of para-hydroxylation sites is 1. The molecule has 1 aromatic rings. The summed E-state index contributed by atoms with van der Waals surface area (Å²) in [6.07, 6.45) is 1.42. The zero-order valence-electron chi connectivity index (χ0n) is 11.4. The molecule has 1 atom stereocenters. The number of nitrogens with one attached hydrogen (secondary N) is 2. The van der Waals surface area contributed by atoms with E-state index in [0.717, 1.165) is 12.8 Å². The van der Waals surface area contributed by atoms with Gasteiger partial charge < -0.3 is 10.6 Å². The first-order valence-electron chi connectivity index (χ1n) is 6.17. The van der Waals surface area contributed by atoms with Gasteiger partial charge >= 0.3 is 0 Å². The average Bonchev–Trinajstić information content (AvgIpc) is 2.28. The van der Waals surface area contributed by atoms with Crippen molar-refractivity contribution in [1.29, 1.82) is 0 Å². The Morgan fingerprint density at radius 3 is 2.53 bits per heavy atom. The van der Waals surface area contributed by atoms with E-state index in [1.807, 2.05) is 13.8 Å². The predicted octanol–water partition coefficient (Wildman–Crippen LogP) is 1.42. The second-order valence-electron chi connectivity index (χ2n) is 4.48. The van der Waals surface area contributed by atoms with Crippen LogP contribution >= 0.6 is 0 Å². The molecule has 0 saturated carbocycles. The van der Waals surface area contributed by atoms with Gasteiger partial charge in [-0.1, -0.05) is 19.1 Å². The second-order valence-corrected chi connectivity index (χ2v) is 6.46. The van der Waals surface area contributed by atoms with Crippen molar-refractivity contribution in [3.8, 4) is 0 Å². The number of hydrogen-bond donors (Lipinski definition) is 2. The molecule has 0 radical (unpaired) electrons. The normalized spacial score (nSPS) is 13.0. The minimum absolute atomic E-state index is 0.0513. The van der Waals surface area contributed by atoms with Crippen LogP contribution < -0.4 is 10.6 Å². The molecule has 0 fully saturated rings. The van der Waals surface area contributed by atoms with Gasteiger partial charge in [-0.3, -0.25) is 4.79 Å². The maximum absolute atomic E-state index is 11.8. The Kier molecular flexibility index (Phi) is 5.50. The molecular weight excluding hydrogens is 264 g/mol. The number of anilines is 1. The Morgan fingerprint density at radius 2 is 1.95 bits per heavy atom. The molecule has 0 aliphatic carbocycles. The zero-order valence-corrected chi connectivity index (χ0v) is 12.3. The molecule has 5 nitrogen and oxygen atoms in total. The van der Waals surface area contributed by atoms with Crippen molar-refractivity contribution < 1.29 is 13.2 Å². The molecular formula is C13H20N2O3S. The molecule has 1 aromatic carbocycles. The van der Waals surface area contributed by atoms with Crippen LogP contribution in [0.1, 0.15) is 20.3 Å². The Morgan fingerprint density at radius 1 is 1.32 bits per heavy atom. The highest BCUT2D eigenvalue weighted by Crippen LogP contribution is 2.20. The molecule has 0 saturated heterocycles. The first-order chi connectivity index (χ1) is 8.84. The van der Waals surface area contributed by atoms with E-state index in [1.54, 1.807) is 18.2 Å². The molecule has 0 spiro atoms. The number of carbonyl (C=O) groups is 1. The highest BCUT2D eigenvalue weighted by Gasteiger charge is 2.15. The Balaban J connectivity index is 2.81. The van der Waals surface area contributed by atoms with Gasteiger partial charge in [-0.25, -0.2) is 8.42 Å². The van der Waals surface area contributed by atoms with Crippen LogP contribution in [0.15, 0.2) is 29.2 Å². The largest absolute Gasteiger partial charge is 0.325 e. The lowest BCUT2D eigenvalue weighted by atomic mass is 10.2. The van der Waals surface area contributed by atoms with Crippen LogP contribution in [0, 0.1) is 0 Å². The molecule has 2 N–H and O–H groups in total. The van der Waals surface area contributed by atoms with Crippen molar-refractivity contribution in [2.75, 3.05) is 18.1 Å². The van der Waals surface area contributed by atoms with Gasteiger partial charge in [0.25, 0.3) is 0 Å². The number of hydrogen-bond acceptors (Lipinski definition) is 4. The van der Waals surface area contributed by atoms with Crippen LogP contribution in [0.25, 0.3) is 0 Å². The SMILES string of the molecule is CCNC(C)CC(=O)Nc1ccccc1S(C)(=O)=O. The van der Waals surface area contributed by atoms with Gasteiger partial charge in [-0.15, -0.1) is 0 Å². The van der Waals surface area contributed by atoms with Gasteiger partial charge in [-0.2, -0.15) is 0 Å². The second kappa shape index (κ2) is 6.68. The Hall–Kier alpha value is -1.40. The Labute approximate surface area is 114 Å². The summed E-state index contributed by atoms with van der Waals surface area (Å²) in [7, 11) is -3.35. The fourth-order valence-electron chi connectivity index (χ4n) is 1.79. The number of sulfone groups is 1. The fraction of sp³-hybridized carbons (Fsp3) is 0.462. The van der Waals surface area contributed by atoms with Crippen molar-refractivity contribution in [1.82, 2.24) is 5.32 Å². The molecule has 0 heterocycles. The lowest BCUT2D eigenvalue weighted by molar-refractivity contribution is -0.116. The van der Waals surface area contributed by atoms with E-state index in [-0.39, 0.29) is 16.8 Å². The van der Waals surface area contributed by atoms with Crippen molar-refractivity contribution in [2.45, 2.75) is 31.2 Å². The summed E-state index contributed by atoms with van der Waals surface area (Å²) >= 11 is 0. The van der Waals surface area contributed by atoms with E-state index in [2.05, 4.69) is 10.6 Å². The third-order valence-electron chi connectivity index (χ3n) is 2.60. The molecule has 6 heteroatoms. The summed E-state index contributed by atoms with van der Waals surface area (Å²) in [5.41, 5.74) is 0.332. The predicted molar refractivity (Wildman–Crippen MR) is 75.9 cm³/mol. The summed E-state index contributed by atoms with van der Waals surface area (Å²) in [6, 6.07) is 6.45. The van der Waals surface area contributed by atoms with E-state index in [0.29, 0.717) is 12.1 Å². The van der Waals surface area contributed by atoms with Crippen LogP contribution in [0.2, 0.25) is 0 Å². The molecule has 19 heavy (non-hydrogen) atoms. The molecule has 1 amide bonds. The van der Waals surface area contributed by atoms with Crippen LogP contribution in [0.3, 0.4) is 0 Å². The summed E-state index contributed by atoms with van der Waals surface area (Å²) in [5.74, 6) is -0.204. The summed E-state index contributed by atoms with van der Waals surface area (Å²) < 4.78 is 23.2. The monoisotopic (exact) mass is 284 g/mol. The molecule has 0 aromatic heterocycles. The van der Waals surface area contributed by atoms with Gasteiger partial charge in [0.2, 0.25) is 5.91 Å². The highest BCUT2D eigenvalue weighted by molar-refractivity contribution is 7.90. The lowest BCUT2D eigenvalue weighted by Crippen LogP contribution is -2.30. The van der Waals surface area contributed by atoms with Gasteiger partial charge in [0.1, 0.15) is 0 Å². The van der Waals surface area contributed by atoms with E-state index >= 15 is 0 Å². The van der Waals surface area contributed by atoms with Gasteiger partial charge in [0.05, 0.1) is 10.6 Å². The van der Waals surface area contributed by atoms with Gasteiger partial charge in [0, 0.05) is 18.7 Å². The van der Waals surface area contributed by atoms with E-state index in [4.69, 9.17) is 0 Å². The number of rotatable bonds is 6. The van der Waals surface area contributed by atoms with Gasteiger partial charge in [0.15, 0.2) is 9.84 Å².